The fourth-order valence-electron chi connectivity index (χ4n) is 1.82. The number of Topliss-reactive ketones (excluding diaryl/α,β-unsaturated/α-hetero) is 1. The van der Waals surface area contributed by atoms with E-state index >= 15 is 0 Å². The number of nitrogens with zero attached hydrogens (tertiary/aromatic N) is 2. The summed E-state index contributed by atoms with van der Waals surface area (Å²) in [5, 5.41) is 8.58. The molecule has 2 rings (SSSR count). The van der Waals surface area contributed by atoms with E-state index in [1.807, 2.05) is 0 Å². The number of carbonyl (C=O) groups excluding carboxylic acids is 1. The predicted molar refractivity (Wildman–Crippen MR) is 82.5 cm³/mol. The maximum Gasteiger partial charge on any atom is 0.286 e. The van der Waals surface area contributed by atoms with Crippen molar-refractivity contribution in [3.8, 4) is 0 Å². The van der Waals surface area contributed by atoms with Crippen LogP contribution in [0.4, 0.5) is 5.69 Å². The average Bonchev–Trinajstić information content (AvgIpc) is 2.29. The second kappa shape index (κ2) is 6.18. The Labute approximate surface area is 137 Å². The van der Waals surface area contributed by atoms with Gasteiger partial charge in [0.05, 0.1) is 5.69 Å². The highest BCUT2D eigenvalue weighted by molar-refractivity contribution is 6.58. The van der Waals surface area contributed by atoms with Gasteiger partial charge in [-0.2, -0.15) is 5.11 Å². The third-order valence-corrected chi connectivity index (χ3v) is 4.47. The molecule has 0 bridgehead atoms. The standard InChI is InChI=1S/C13H12Cl4N2O/c1-7-10(15)5-9(14)6-11(7)18-19-13(16,17)12(20)8-3-2-4-8/h5-6,8H,2-4H2,1H3. The zero-order valence-corrected chi connectivity index (χ0v) is 13.7. The van der Waals surface area contributed by atoms with Gasteiger partial charge >= 0.3 is 0 Å². The smallest absolute Gasteiger partial charge is 0.286 e. The second-order valence-electron chi connectivity index (χ2n) is 4.77. The molecule has 1 aromatic rings. The van der Waals surface area contributed by atoms with Gasteiger partial charge < -0.3 is 0 Å². The van der Waals surface area contributed by atoms with Crippen LogP contribution >= 0.6 is 46.4 Å². The van der Waals surface area contributed by atoms with Crippen molar-refractivity contribution in [3.63, 3.8) is 0 Å². The van der Waals surface area contributed by atoms with E-state index in [2.05, 4.69) is 10.2 Å². The molecule has 0 aromatic heterocycles. The maximum atomic E-state index is 12.0. The van der Waals surface area contributed by atoms with E-state index in [1.165, 1.54) is 0 Å². The van der Waals surface area contributed by atoms with Gasteiger partial charge in [-0.15, -0.1) is 5.11 Å². The van der Waals surface area contributed by atoms with Crippen molar-refractivity contribution in [3.05, 3.63) is 27.7 Å². The summed E-state index contributed by atoms with van der Waals surface area (Å²) in [6, 6.07) is 3.19. The Morgan fingerprint density at radius 1 is 1.30 bits per heavy atom. The average molecular weight is 354 g/mol. The number of ketones is 1. The number of alkyl halides is 2. The fraction of sp³-hybridized carbons (Fsp3) is 0.462. The van der Waals surface area contributed by atoms with Crippen LogP contribution in [0, 0.1) is 12.8 Å². The molecule has 0 atom stereocenters. The Morgan fingerprint density at radius 2 is 1.95 bits per heavy atom. The lowest BCUT2D eigenvalue weighted by atomic mass is 9.82. The van der Waals surface area contributed by atoms with Gasteiger partial charge in [-0.1, -0.05) is 52.8 Å². The largest absolute Gasteiger partial charge is 0.294 e. The summed E-state index contributed by atoms with van der Waals surface area (Å²) in [5.41, 5.74) is 1.13. The van der Waals surface area contributed by atoms with Gasteiger partial charge in [-0.05, 0) is 37.5 Å². The van der Waals surface area contributed by atoms with Gasteiger partial charge in [-0.25, -0.2) is 0 Å². The monoisotopic (exact) mass is 352 g/mol. The number of rotatable bonds is 4. The first kappa shape index (κ1) is 16.0. The van der Waals surface area contributed by atoms with Gasteiger partial charge in [0.15, 0.2) is 5.78 Å². The molecule has 0 radical (unpaired) electrons. The lowest BCUT2D eigenvalue weighted by Gasteiger charge is -2.27. The lowest BCUT2D eigenvalue weighted by molar-refractivity contribution is -0.125. The van der Waals surface area contributed by atoms with E-state index in [9.17, 15) is 4.79 Å². The number of hydrogen-bond donors (Lipinski definition) is 0. The van der Waals surface area contributed by atoms with E-state index in [0.717, 1.165) is 19.3 Å². The Hall–Kier alpha value is -0.350. The summed E-state index contributed by atoms with van der Waals surface area (Å²) >= 11 is 23.8. The van der Waals surface area contributed by atoms with Crippen LogP contribution in [0.3, 0.4) is 0 Å². The minimum atomic E-state index is -1.85. The number of hydrogen-bond acceptors (Lipinski definition) is 3. The van der Waals surface area contributed by atoms with Crippen molar-refractivity contribution < 1.29 is 4.79 Å². The molecule has 1 fully saturated rings. The molecule has 0 saturated heterocycles. The highest BCUT2D eigenvalue weighted by Crippen LogP contribution is 2.38. The van der Waals surface area contributed by atoms with Crippen molar-refractivity contribution >= 4 is 57.9 Å². The van der Waals surface area contributed by atoms with E-state index in [4.69, 9.17) is 46.4 Å². The molecular weight excluding hydrogens is 342 g/mol. The van der Waals surface area contributed by atoms with Gasteiger partial charge in [0.1, 0.15) is 0 Å². The second-order valence-corrected chi connectivity index (χ2v) is 6.90. The molecule has 0 N–H and O–H groups in total. The maximum absolute atomic E-state index is 12.0. The van der Waals surface area contributed by atoms with Crippen LogP contribution in [-0.2, 0) is 4.79 Å². The van der Waals surface area contributed by atoms with Crippen molar-refractivity contribution in [2.75, 3.05) is 0 Å². The summed E-state index contributed by atoms with van der Waals surface area (Å²) in [4.78, 5) is 12.0. The predicted octanol–water partition coefficient (Wildman–Crippen LogP) is 5.89. The van der Waals surface area contributed by atoms with E-state index in [-0.39, 0.29) is 11.7 Å². The number of azo groups is 1. The summed E-state index contributed by atoms with van der Waals surface area (Å²) < 4.78 is -1.85. The zero-order valence-electron chi connectivity index (χ0n) is 10.7. The minimum Gasteiger partial charge on any atom is -0.294 e. The molecule has 1 aromatic carbocycles. The van der Waals surface area contributed by atoms with Gasteiger partial charge in [-0.3, -0.25) is 4.79 Å². The van der Waals surface area contributed by atoms with Crippen LogP contribution < -0.4 is 0 Å². The molecule has 0 unspecified atom stereocenters. The molecule has 108 valence electrons. The Morgan fingerprint density at radius 3 is 2.50 bits per heavy atom. The normalized spacial score (nSPS) is 16.4. The highest BCUT2D eigenvalue weighted by Gasteiger charge is 2.41. The highest BCUT2D eigenvalue weighted by atomic mass is 35.5. The Kier molecular flexibility index (Phi) is 4.96. The Bertz CT molecular complexity index is 568. The molecule has 1 aliphatic carbocycles. The molecule has 20 heavy (non-hydrogen) atoms. The molecule has 1 aliphatic rings. The van der Waals surface area contributed by atoms with Crippen LogP contribution in [0.25, 0.3) is 0 Å². The van der Waals surface area contributed by atoms with E-state index < -0.39 is 4.46 Å². The SMILES string of the molecule is Cc1c(Cl)cc(Cl)cc1N=NC(Cl)(Cl)C(=O)C1CCC1. The van der Waals surface area contributed by atoms with Crippen LogP contribution in [0.5, 0.6) is 0 Å². The quantitative estimate of drug-likeness (QED) is 0.378. The van der Waals surface area contributed by atoms with Gasteiger partial charge in [0.2, 0.25) is 0 Å². The van der Waals surface area contributed by atoms with Gasteiger partial charge in [0, 0.05) is 16.0 Å². The van der Waals surface area contributed by atoms with Crippen LogP contribution in [-0.4, -0.2) is 10.2 Å². The molecule has 1 saturated carbocycles. The lowest BCUT2D eigenvalue weighted by Crippen LogP contribution is -2.34. The third kappa shape index (κ3) is 3.45. The number of benzene rings is 1. The fourth-order valence-corrected chi connectivity index (χ4v) is 2.68. The van der Waals surface area contributed by atoms with Crippen molar-refractivity contribution in [1.82, 2.24) is 0 Å². The molecule has 0 amide bonds. The minimum absolute atomic E-state index is 0.118. The topological polar surface area (TPSA) is 41.8 Å². The third-order valence-electron chi connectivity index (χ3n) is 3.34. The van der Waals surface area contributed by atoms with Crippen molar-refractivity contribution in [2.45, 2.75) is 30.6 Å². The summed E-state index contributed by atoms with van der Waals surface area (Å²) in [6.45, 7) is 1.77. The first-order valence-electron chi connectivity index (χ1n) is 6.12. The van der Waals surface area contributed by atoms with E-state index in [0.29, 0.717) is 21.3 Å². The molecule has 0 spiro atoms. The van der Waals surface area contributed by atoms with E-state index in [1.54, 1.807) is 19.1 Å². The van der Waals surface area contributed by atoms with Crippen molar-refractivity contribution in [2.24, 2.45) is 16.1 Å². The summed E-state index contributed by atoms with van der Waals surface area (Å²) in [5.74, 6) is -0.422. The first-order valence-corrected chi connectivity index (χ1v) is 7.63. The molecule has 3 nitrogen and oxygen atoms in total. The first-order chi connectivity index (χ1) is 9.31. The number of carbonyl (C=O) groups is 1. The molecule has 7 heteroatoms. The van der Waals surface area contributed by atoms with Gasteiger partial charge in [0.25, 0.3) is 4.46 Å². The van der Waals surface area contributed by atoms with Crippen LogP contribution in [0.15, 0.2) is 22.4 Å². The Balaban J connectivity index is 2.21. The van der Waals surface area contributed by atoms with Crippen LogP contribution in [0.1, 0.15) is 24.8 Å². The molecule has 0 aliphatic heterocycles. The summed E-state index contributed by atoms with van der Waals surface area (Å²) in [6.07, 6.45) is 2.62. The number of halogens is 4. The molecular formula is C13H12Cl4N2O. The van der Waals surface area contributed by atoms with Crippen molar-refractivity contribution in [1.29, 1.82) is 0 Å². The zero-order chi connectivity index (χ0) is 14.9. The molecule has 0 heterocycles. The summed E-state index contributed by atoms with van der Waals surface area (Å²) in [7, 11) is 0. The van der Waals surface area contributed by atoms with Crippen LogP contribution in [0.2, 0.25) is 10.0 Å².